The first kappa shape index (κ1) is 15.3. The molecule has 1 aliphatic heterocycles. The molecular formula is C10H18NO6P. The second-order valence-electron chi connectivity index (χ2n) is 3.94. The number of ketones is 1. The van der Waals surface area contributed by atoms with Gasteiger partial charge in [0.25, 0.3) is 0 Å². The van der Waals surface area contributed by atoms with Gasteiger partial charge in [0.15, 0.2) is 5.78 Å². The average molecular weight is 279 g/mol. The summed E-state index contributed by atoms with van der Waals surface area (Å²) in [6.07, 6.45) is 1.45. The van der Waals surface area contributed by atoms with Crippen LogP contribution in [0.3, 0.4) is 0 Å². The lowest BCUT2D eigenvalue weighted by Gasteiger charge is -2.12. The van der Waals surface area contributed by atoms with Crippen molar-refractivity contribution in [1.29, 1.82) is 0 Å². The average Bonchev–Trinajstić information content (AvgIpc) is 2.79. The van der Waals surface area contributed by atoms with Crippen LogP contribution in [0.5, 0.6) is 0 Å². The van der Waals surface area contributed by atoms with Crippen molar-refractivity contribution >= 4 is 19.5 Å². The molecule has 1 amide bonds. The molecule has 0 aromatic rings. The van der Waals surface area contributed by atoms with E-state index >= 15 is 0 Å². The molecule has 0 unspecified atom stereocenters. The summed E-state index contributed by atoms with van der Waals surface area (Å²) >= 11 is 0. The number of carbonyl (C=O) groups excluding carboxylic acids is 2. The van der Waals surface area contributed by atoms with Gasteiger partial charge in [0.2, 0.25) is 5.91 Å². The third kappa shape index (κ3) is 4.49. The Bertz CT molecular complexity index is 350. The highest BCUT2D eigenvalue weighted by atomic mass is 31.2. The first-order valence-corrected chi connectivity index (χ1v) is 7.12. The minimum atomic E-state index is -3.60. The summed E-state index contributed by atoms with van der Waals surface area (Å²) in [5.41, 5.74) is 0. The number of hydrogen-bond acceptors (Lipinski definition) is 6. The second kappa shape index (κ2) is 6.99. The predicted octanol–water partition coefficient (Wildman–Crippen LogP) is 0.889. The molecule has 18 heavy (non-hydrogen) atoms. The van der Waals surface area contributed by atoms with Crippen molar-refractivity contribution in [2.24, 2.45) is 5.92 Å². The van der Waals surface area contributed by atoms with Crippen LogP contribution < -0.4 is 5.32 Å². The molecule has 0 saturated carbocycles. The maximum absolute atomic E-state index is 11.5. The summed E-state index contributed by atoms with van der Waals surface area (Å²) in [6.45, 7) is 0.323. The Kier molecular flexibility index (Phi) is 5.95. The molecule has 0 radical (unpaired) electrons. The van der Waals surface area contributed by atoms with Gasteiger partial charge >= 0.3 is 7.82 Å². The number of carbonyl (C=O) groups is 2. The molecule has 1 N–H and O–H groups in total. The minimum absolute atomic E-state index is 0.0110. The van der Waals surface area contributed by atoms with Crippen LogP contribution in [0.4, 0.5) is 0 Å². The molecule has 1 atom stereocenters. The zero-order valence-corrected chi connectivity index (χ0v) is 11.4. The van der Waals surface area contributed by atoms with Gasteiger partial charge in [-0.2, -0.15) is 0 Å². The van der Waals surface area contributed by atoms with Crippen molar-refractivity contribution in [3.63, 3.8) is 0 Å². The number of amides is 1. The van der Waals surface area contributed by atoms with E-state index in [0.29, 0.717) is 13.0 Å². The van der Waals surface area contributed by atoms with E-state index in [1.165, 1.54) is 14.2 Å². The van der Waals surface area contributed by atoms with Crippen LogP contribution in [0.1, 0.15) is 19.3 Å². The number of rotatable bonds is 8. The Morgan fingerprint density at radius 3 is 2.61 bits per heavy atom. The van der Waals surface area contributed by atoms with Gasteiger partial charge in [-0.25, -0.2) is 4.57 Å². The Labute approximate surface area is 106 Å². The van der Waals surface area contributed by atoms with Crippen molar-refractivity contribution in [3.05, 3.63) is 0 Å². The standard InChI is InChI=1S/C10H18NO6P/c1-15-18(14,16-2)17-7-9(12)4-3-8-5-6-11-10(8)13/h8H,3-7H2,1-2H3,(H,11,13)/t8-/m0/s1. The zero-order chi connectivity index (χ0) is 13.6. The molecule has 104 valence electrons. The molecule has 7 nitrogen and oxygen atoms in total. The molecular weight excluding hydrogens is 261 g/mol. The smallest absolute Gasteiger partial charge is 0.356 e. The molecule has 1 saturated heterocycles. The molecule has 1 aliphatic rings. The summed E-state index contributed by atoms with van der Waals surface area (Å²) < 4.78 is 25.3. The molecule has 0 spiro atoms. The van der Waals surface area contributed by atoms with E-state index < -0.39 is 7.82 Å². The highest BCUT2D eigenvalue weighted by molar-refractivity contribution is 7.48. The van der Waals surface area contributed by atoms with Gasteiger partial charge in [-0.15, -0.1) is 0 Å². The van der Waals surface area contributed by atoms with Crippen molar-refractivity contribution in [2.45, 2.75) is 19.3 Å². The number of nitrogens with one attached hydrogen (secondary N) is 1. The summed E-state index contributed by atoms with van der Waals surface area (Å²) in [6, 6.07) is 0. The largest absolute Gasteiger partial charge is 0.474 e. The van der Waals surface area contributed by atoms with E-state index in [1.807, 2.05) is 0 Å². The second-order valence-corrected chi connectivity index (χ2v) is 5.82. The van der Waals surface area contributed by atoms with Crippen molar-refractivity contribution in [1.82, 2.24) is 5.32 Å². The number of Topliss-reactive ketones (excluding diaryl/α,β-unsaturated/α-hetero) is 1. The fraction of sp³-hybridized carbons (Fsp3) is 0.800. The Balaban J connectivity index is 2.25. The van der Waals surface area contributed by atoms with Gasteiger partial charge in [-0.1, -0.05) is 0 Å². The van der Waals surface area contributed by atoms with E-state index in [0.717, 1.165) is 6.42 Å². The lowest BCUT2D eigenvalue weighted by atomic mass is 10.0. The van der Waals surface area contributed by atoms with E-state index in [9.17, 15) is 14.2 Å². The predicted molar refractivity (Wildman–Crippen MR) is 62.9 cm³/mol. The molecule has 1 fully saturated rings. The Morgan fingerprint density at radius 2 is 2.11 bits per heavy atom. The maximum Gasteiger partial charge on any atom is 0.474 e. The Hall–Kier alpha value is -0.750. The topological polar surface area (TPSA) is 90.9 Å². The highest BCUT2D eigenvalue weighted by Crippen LogP contribution is 2.47. The van der Waals surface area contributed by atoms with Gasteiger partial charge in [0, 0.05) is 33.1 Å². The Morgan fingerprint density at radius 1 is 1.44 bits per heavy atom. The van der Waals surface area contributed by atoms with Crippen LogP contribution in [0.15, 0.2) is 0 Å². The number of hydrogen-bond donors (Lipinski definition) is 1. The number of phosphoric acid groups is 1. The third-order valence-corrected chi connectivity index (χ3v) is 4.11. The summed E-state index contributed by atoms with van der Waals surface area (Å²) in [7, 11) is -1.24. The van der Waals surface area contributed by atoms with Crippen LogP contribution in [-0.4, -0.2) is 39.1 Å². The summed E-state index contributed by atoms with van der Waals surface area (Å²) in [4.78, 5) is 22.8. The molecule has 0 aliphatic carbocycles. The van der Waals surface area contributed by atoms with Gasteiger partial charge in [-0.05, 0) is 12.8 Å². The van der Waals surface area contributed by atoms with Gasteiger partial charge in [0.05, 0.1) is 0 Å². The molecule has 0 aromatic carbocycles. The quantitative estimate of drug-likeness (QED) is 0.663. The van der Waals surface area contributed by atoms with E-state index in [-0.39, 0.29) is 30.6 Å². The van der Waals surface area contributed by atoms with E-state index in [4.69, 9.17) is 4.52 Å². The SMILES string of the molecule is COP(=O)(OC)OCC(=O)CC[C@H]1CCNC1=O. The molecule has 0 aromatic heterocycles. The molecule has 1 rings (SSSR count). The van der Waals surface area contributed by atoms with Gasteiger partial charge < -0.3 is 5.32 Å². The van der Waals surface area contributed by atoms with Crippen molar-refractivity contribution < 1.29 is 27.7 Å². The first-order chi connectivity index (χ1) is 8.50. The maximum atomic E-state index is 11.5. The normalized spacial score (nSPS) is 19.9. The van der Waals surface area contributed by atoms with E-state index in [1.54, 1.807) is 0 Å². The lowest BCUT2D eigenvalue weighted by molar-refractivity contribution is -0.124. The van der Waals surface area contributed by atoms with Crippen LogP contribution in [0.2, 0.25) is 0 Å². The van der Waals surface area contributed by atoms with Crippen molar-refractivity contribution in [2.75, 3.05) is 27.4 Å². The van der Waals surface area contributed by atoms with Crippen LogP contribution in [0, 0.1) is 5.92 Å². The highest BCUT2D eigenvalue weighted by Gasteiger charge is 2.26. The van der Waals surface area contributed by atoms with Crippen LogP contribution in [0.25, 0.3) is 0 Å². The first-order valence-electron chi connectivity index (χ1n) is 5.66. The molecule has 1 heterocycles. The number of phosphoric ester groups is 1. The summed E-state index contributed by atoms with van der Waals surface area (Å²) in [5.74, 6) is -0.349. The lowest BCUT2D eigenvalue weighted by Crippen LogP contribution is -2.20. The van der Waals surface area contributed by atoms with Gasteiger partial charge in [-0.3, -0.25) is 23.2 Å². The van der Waals surface area contributed by atoms with Crippen molar-refractivity contribution in [3.8, 4) is 0 Å². The van der Waals surface area contributed by atoms with E-state index in [2.05, 4.69) is 14.4 Å². The fourth-order valence-electron chi connectivity index (χ4n) is 1.66. The van der Waals surface area contributed by atoms with Crippen LogP contribution in [-0.2, 0) is 27.7 Å². The van der Waals surface area contributed by atoms with Crippen LogP contribution >= 0.6 is 7.82 Å². The third-order valence-electron chi connectivity index (χ3n) is 2.77. The molecule has 8 heteroatoms. The minimum Gasteiger partial charge on any atom is -0.356 e. The summed E-state index contributed by atoms with van der Waals surface area (Å²) in [5, 5.41) is 2.70. The zero-order valence-electron chi connectivity index (χ0n) is 10.5. The fourth-order valence-corrected chi connectivity index (χ4v) is 2.32. The van der Waals surface area contributed by atoms with Gasteiger partial charge in [0.1, 0.15) is 6.61 Å². The molecule has 0 bridgehead atoms. The monoisotopic (exact) mass is 279 g/mol.